The molecule has 0 bridgehead atoms. The molecule has 0 aliphatic carbocycles. The molecule has 1 unspecified atom stereocenters. The van der Waals surface area contributed by atoms with Crippen LogP contribution in [0, 0.1) is 0 Å². The maximum absolute atomic E-state index is 2.47. The Bertz CT molecular complexity index is 580. The van der Waals surface area contributed by atoms with Gasteiger partial charge in [0.15, 0.2) is 0 Å². The second-order valence-electron chi connectivity index (χ2n) is 6.39. The first kappa shape index (κ1) is 16.8. The molecule has 0 heterocycles. The van der Waals surface area contributed by atoms with E-state index in [4.69, 9.17) is 0 Å². The van der Waals surface area contributed by atoms with Crippen LogP contribution < -0.4 is 0 Å². The van der Waals surface area contributed by atoms with E-state index in [-0.39, 0.29) is 0 Å². The second kappa shape index (κ2) is 8.17. The highest BCUT2D eigenvalue weighted by Gasteiger charge is 2.16. The molecule has 0 spiro atoms. The lowest BCUT2D eigenvalue weighted by atomic mass is 9.83. The normalized spacial score (nSPS) is 12.4. The number of hydrogen-bond donors (Lipinski definition) is 0. The number of aryl methyl sites for hydroxylation is 2. The highest BCUT2D eigenvalue weighted by molar-refractivity contribution is 5.72. The van der Waals surface area contributed by atoms with Crippen LogP contribution in [-0.4, -0.2) is 0 Å². The zero-order valence-electron chi connectivity index (χ0n) is 14.7. The SMILES string of the molecule is CCCc1cc(CCC)c(-c2ccccc2)c(C(C)CC)c1. The summed E-state index contributed by atoms with van der Waals surface area (Å²) in [5.41, 5.74) is 7.47. The lowest BCUT2D eigenvalue weighted by molar-refractivity contribution is 0.730. The van der Waals surface area contributed by atoms with Crippen molar-refractivity contribution >= 4 is 0 Å². The van der Waals surface area contributed by atoms with E-state index in [2.05, 4.69) is 70.2 Å². The third-order valence-corrected chi connectivity index (χ3v) is 4.57. The van der Waals surface area contributed by atoms with Crippen molar-refractivity contribution < 1.29 is 0 Å². The molecular weight excluding hydrogens is 264 g/mol. The lowest BCUT2D eigenvalue weighted by Gasteiger charge is -2.21. The molecule has 0 aliphatic rings. The first-order chi connectivity index (χ1) is 10.7. The third-order valence-electron chi connectivity index (χ3n) is 4.57. The van der Waals surface area contributed by atoms with Gasteiger partial charge in [0.2, 0.25) is 0 Å². The fraction of sp³-hybridized carbons (Fsp3) is 0.455. The van der Waals surface area contributed by atoms with Crippen LogP contribution in [0.2, 0.25) is 0 Å². The van der Waals surface area contributed by atoms with Gasteiger partial charge in [0, 0.05) is 0 Å². The van der Waals surface area contributed by atoms with Gasteiger partial charge in [0.25, 0.3) is 0 Å². The standard InChI is InChI=1S/C22H30/c1-5-11-18-15-20(12-6-2)22(19-13-9-8-10-14-19)21(16-18)17(4)7-3/h8-10,13-17H,5-7,11-12H2,1-4H3. The van der Waals surface area contributed by atoms with Crippen LogP contribution in [0.1, 0.15) is 69.6 Å². The monoisotopic (exact) mass is 294 g/mol. The van der Waals surface area contributed by atoms with Crippen molar-refractivity contribution in [2.75, 3.05) is 0 Å². The largest absolute Gasteiger partial charge is 0.0651 e. The summed E-state index contributed by atoms with van der Waals surface area (Å²) in [6.07, 6.45) is 5.98. The summed E-state index contributed by atoms with van der Waals surface area (Å²) in [5, 5.41) is 0. The Morgan fingerprint density at radius 2 is 1.55 bits per heavy atom. The minimum atomic E-state index is 0.614. The van der Waals surface area contributed by atoms with Gasteiger partial charge in [0.1, 0.15) is 0 Å². The zero-order valence-corrected chi connectivity index (χ0v) is 14.7. The van der Waals surface area contributed by atoms with Gasteiger partial charge in [-0.05, 0) is 53.0 Å². The van der Waals surface area contributed by atoms with Crippen molar-refractivity contribution in [3.8, 4) is 11.1 Å². The van der Waals surface area contributed by atoms with E-state index < -0.39 is 0 Å². The summed E-state index contributed by atoms with van der Waals surface area (Å²) < 4.78 is 0. The van der Waals surface area contributed by atoms with E-state index >= 15 is 0 Å². The van der Waals surface area contributed by atoms with Crippen molar-refractivity contribution in [1.29, 1.82) is 0 Å². The molecule has 0 heteroatoms. The molecule has 0 fully saturated rings. The molecule has 2 aromatic rings. The summed E-state index contributed by atoms with van der Waals surface area (Å²) in [6.45, 7) is 9.22. The van der Waals surface area contributed by atoms with Crippen molar-refractivity contribution in [3.63, 3.8) is 0 Å². The van der Waals surface area contributed by atoms with E-state index in [0.29, 0.717) is 5.92 Å². The van der Waals surface area contributed by atoms with Crippen LogP contribution in [0.3, 0.4) is 0 Å². The van der Waals surface area contributed by atoms with Gasteiger partial charge in [-0.25, -0.2) is 0 Å². The van der Waals surface area contributed by atoms with Gasteiger partial charge in [-0.3, -0.25) is 0 Å². The predicted molar refractivity (Wildman–Crippen MR) is 98.6 cm³/mol. The zero-order chi connectivity index (χ0) is 15.9. The Labute approximate surface area is 136 Å². The van der Waals surface area contributed by atoms with Gasteiger partial charge in [0.05, 0.1) is 0 Å². The minimum Gasteiger partial charge on any atom is -0.0651 e. The summed E-state index contributed by atoms with van der Waals surface area (Å²) in [7, 11) is 0. The Morgan fingerprint density at radius 3 is 2.14 bits per heavy atom. The van der Waals surface area contributed by atoms with Crippen LogP contribution in [0.15, 0.2) is 42.5 Å². The molecule has 0 radical (unpaired) electrons. The first-order valence-corrected chi connectivity index (χ1v) is 8.92. The minimum absolute atomic E-state index is 0.614. The van der Waals surface area contributed by atoms with Crippen LogP contribution in [-0.2, 0) is 12.8 Å². The lowest BCUT2D eigenvalue weighted by Crippen LogP contribution is -2.02. The molecule has 0 saturated heterocycles. The van der Waals surface area contributed by atoms with Gasteiger partial charge < -0.3 is 0 Å². The van der Waals surface area contributed by atoms with Crippen LogP contribution >= 0.6 is 0 Å². The van der Waals surface area contributed by atoms with Crippen molar-refractivity contribution in [2.45, 2.75) is 65.7 Å². The molecule has 0 N–H and O–H groups in total. The topological polar surface area (TPSA) is 0 Å². The molecule has 0 aromatic heterocycles. The van der Waals surface area contributed by atoms with Crippen LogP contribution in [0.25, 0.3) is 11.1 Å². The fourth-order valence-corrected chi connectivity index (χ4v) is 3.26. The Kier molecular flexibility index (Phi) is 6.24. The third kappa shape index (κ3) is 3.80. The maximum Gasteiger partial charge on any atom is -0.0117 e. The summed E-state index contributed by atoms with van der Waals surface area (Å²) in [5.74, 6) is 0.614. The van der Waals surface area contributed by atoms with E-state index in [1.165, 1.54) is 54.4 Å². The highest BCUT2D eigenvalue weighted by atomic mass is 14.2. The van der Waals surface area contributed by atoms with Crippen molar-refractivity contribution in [2.24, 2.45) is 0 Å². The van der Waals surface area contributed by atoms with Crippen LogP contribution in [0.5, 0.6) is 0 Å². The molecule has 2 rings (SSSR count). The Morgan fingerprint density at radius 1 is 0.864 bits per heavy atom. The number of rotatable bonds is 7. The Hall–Kier alpha value is -1.56. The van der Waals surface area contributed by atoms with E-state index in [9.17, 15) is 0 Å². The fourth-order valence-electron chi connectivity index (χ4n) is 3.26. The smallest absolute Gasteiger partial charge is 0.0117 e. The Balaban J connectivity index is 2.65. The number of benzene rings is 2. The predicted octanol–water partition coefficient (Wildman–Crippen LogP) is 6.77. The van der Waals surface area contributed by atoms with Gasteiger partial charge in [-0.1, -0.05) is 83.0 Å². The number of hydrogen-bond acceptors (Lipinski definition) is 0. The molecule has 0 aliphatic heterocycles. The van der Waals surface area contributed by atoms with Crippen molar-refractivity contribution in [3.05, 3.63) is 59.2 Å². The average molecular weight is 294 g/mol. The van der Waals surface area contributed by atoms with Crippen LogP contribution in [0.4, 0.5) is 0 Å². The van der Waals surface area contributed by atoms with E-state index in [1.807, 2.05) is 0 Å². The summed E-state index contributed by atoms with van der Waals surface area (Å²) in [6, 6.07) is 15.9. The second-order valence-corrected chi connectivity index (χ2v) is 6.39. The molecule has 22 heavy (non-hydrogen) atoms. The molecule has 118 valence electrons. The quantitative estimate of drug-likeness (QED) is 0.528. The summed E-state index contributed by atoms with van der Waals surface area (Å²) >= 11 is 0. The highest BCUT2D eigenvalue weighted by Crippen LogP contribution is 2.36. The molecule has 0 saturated carbocycles. The summed E-state index contributed by atoms with van der Waals surface area (Å²) in [4.78, 5) is 0. The van der Waals surface area contributed by atoms with Crippen molar-refractivity contribution in [1.82, 2.24) is 0 Å². The first-order valence-electron chi connectivity index (χ1n) is 8.92. The van der Waals surface area contributed by atoms with E-state index in [1.54, 1.807) is 5.56 Å². The maximum atomic E-state index is 2.47. The van der Waals surface area contributed by atoms with Gasteiger partial charge in [-0.15, -0.1) is 0 Å². The van der Waals surface area contributed by atoms with Gasteiger partial charge >= 0.3 is 0 Å². The molecule has 0 amide bonds. The molecule has 1 atom stereocenters. The average Bonchev–Trinajstić information content (AvgIpc) is 2.55. The molecule has 0 nitrogen and oxygen atoms in total. The van der Waals surface area contributed by atoms with Gasteiger partial charge in [-0.2, -0.15) is 0 Å². The van der Waals surface area contributed by atoms with E-state index in [0.717, 1.165) is 0 Å². The molecular formula is C22H30. The molecule has 2 aromatic carbocycles.